The van der Waals surface area contributed by atoms with Crippen molar-refractivity contribution in [3.63, 3.8) is 0 Å². The van der Waals surface area contributed by atoms with Crippen LogP contribution in [0.25, 0.3) is 50.5 Å². The Hall–Kier alpha value is -4.36. The van der Waals surface area contributed by atoms with Crippen LogP contribution in [0, 0.1) is 0 Å². The number of fused-ring (bicyclic) bond motifs is 3. The van der Waals surface area contributed by atoms with Crippen molar-refractivity contribution >= 4 is 16.7 Å². The molecule has 1 saturated carbocycles. The summed E-state index contributed by atoms with van der Waals surface area (Å²) in [4.78, 5) is 5.17. The van der Waals surface area contributed by atoms with Gasteiger partial charge in [-0.15, -0.1) is 10.2 Å². The summed E-state index contributed by atoms with van der Waals surface area (Å²) >= 11 is 0. The first-order valence-corrected chi connectivity index (χ1v) is 11.8. The van der Waals surface area contributed by atoms with E-state index in [0.717, 1.165) is 63.3 Å². The highest BCUT2D eigenvalue weighted by Crippen LogP contribution is 2.40. The van der Waals surface area contributed by atoms with E-state index in [1.54, 1.807) is 6.20 Å². The van der Waals surface area contributed by atoms with Gasteiger partial charge in [-0.3, -0.25) is 9.50 Å². The molecule has 0 bridgehead atoms. The molecular formula is C28H23N7. The van der Waals surface area contributed by atoms with E-state index in [0.29, 0.717) is 0 Å². The molecule has 0 atom stereocenters. The summed E-state index contributed by atoms with van der Waals surface area (Å²) in [5, 5.41) is 15.8. The normalized spacial score (nSPS) is 14.9. The average molecular weight is 458 g/mol. The summed E-state index contributed by atoms with van der Waals surface area (Å²) in [6.07, 6.45) is 6.86. The molecule has 1 aliphatic carbocycles. The van der Waals surface area contributed by atoms with Gasteiger partial charge in [0.1, 0.15) is 0 Å². The summed E-state index contributed by atoms with van der Waals surface area (Å²) in [7, 11) is 0. The van der Waals surface area contributed by atoms with Crippen molar-refractivity contribution in [2.24, 2.45) is 5.73 Å². The van der Waals surface area contributed by atoms with E-state index in [1.165, 1.54) is 12.0 Å². The van der Waals surface area contributed by atoms with E-state index in [4.69, 9.17) is 10.7 Å². The molecule has 0 spiro atoms. The van der Waals surface area contributed by atoms with Gasteiger partial charge in [-0.2, -0.15) is 5.10 Å². The van der Waals surface area contributed by atoms with E-state index >= 15 is 0 Å². The van der Waals surface area contributed by atoms with Crippen LogP contribution in [0.3, 0.4) is 0 Å². The lowest BCUT2D eigenvalue weighted by Gasteiger charge is -2.38. The van der Waals surface area contributed by atoms with Gasteiger partial charge >= 0.3 is 0 Å². The first-order chi connectivity index (χ1) is 17.2. The highest BCUT2D eigenvalue weighted by Gasteiger charge is 2.34. The molecular weight excluding hydrogens is 434 g/mol. The van der Waals surface area contributed by atoms with Crippen molar-refractivity contribution in [2.75, 3.05) is 0 Å². The molecule has 1 fully saturated rings. The number of pyridine rings is 2. The summed E-state index contributed by atoms with van der Waals surface area (Å²) in [6, 6.07) is 25.1. The number of rotatable bonds is 4. The molecule has 3 N–H and O–H groups in total. The van der Waals surface area contributed by atoms with Crippen LogP contribution in [-0.2, 0) is 5.54 Å². The zero-order valence-corrected chi connectivity index (χ0v) is 19.0. The lowest BCUT2D eigenvalue weighted by molar-refractivity contribution is 0.253. The van der Waals surface area contributed by atoms with Gasteiger partial charge in [0.2, 0.25) is 0 Å². The number of hydrogen-bond acceptors (Lipinski definition) is 5. The van der Waals surface area contributed by atoms with Gasteiger partial charge in [-0.05, 0) is 48.6 Å². The van der Waals surface area contributed by atoms with Crippen LogP contribution in [-0.4, -0.2) is 29.8 Å². The Morgan fingerprint density at radius 3 is 2.40 bits per heavy atom. The van der Waals surface area contributed by atoms with Crippen LogP contribution in [0.2, 0.25) is 0 Å². The van der Waals surface area contributed by atoms with Gasteiger partial charge in [-0.1, -0.05) is 54.6 Å². The van der Waals surface area contributed by atoms with E-state index < -0.39 is 0 Å². The van der Waals surface area contributed by atoms with Crippen LogP contribution in [0.15, 0.2) is 85.2 Å². The third-order valence-corrected chi connectivity index (χ3v) is 7.17. The minimum Gasteiger partial charge on any atom is -0.321 e. The fourth-order valence-corrected chi connectivity index (χ4v) is 5.04. The Morgan fingerprint density at radius 2 is 1.69 bits per heavy atom. The smallest absolute Gasteiger partial charge is 0.172 e. The second kappa shape index (κ2) is 7.58. The van der Waals surface area contributed by atoms with Crippen LogP contribution in [0.1, 0.15) is 24.8 Å². The Balaban J connectivity index is 1.47. The molecule has 7 heteroatoms. The molecule has 0 unspecified atom stereocenters. The van der Waals surface area contributed by atoms with Crippen molar-refractivity contribution in [3.05, 3.63) is 90.8 Å². The molecule has 0 amide bonds. The first-order valence-electron chi connectivity index (χ1n) is 11.8. The SMILES string of the molecule is NC1(c2ccc(-c3nc4ccc5nnc(-c6cn[nH]c6)n5c4cc3-c3ccccc3)cc2)CCC1. The Labute approximate surface area is 201 Å². The Kier molecular flexibility index (Phi) is 4.34. The third kappa shape index (κ3) is 3.16. The molecule has 6 aromatic rings. The summed E-state index contributed by atoms with van der Waals surface area (Å²) in [6.45, 7) is 0. The summed E-state index contributed by atoms with van der Waals surface area (Å²) < 4.78 is 2.04. The largest absolute Gasteiger partial charge is 0.321 e. The highest BCUT2D eigenvalue weighted by atomic mass is 15.3. The molecule has 7 nitrogen and oxygen atoms in total. The predicted octanol–water partition coefficient (Wildman–Crippen LogP) is 5.34. The molecule has 0 aliphatic heterocycles. The van der Waals surface area contributed by atoms with Crippen LogP contribution < -0.4 is 5.73 Å². The van der Waals surface area contributed by atoms with Crippen LogP contribution in [0.4, 0.5) is 0 Å². The van der Waals surface area contributed by atoms with E-state index in [-0.39, 0.29) is 5.54 Å². The quantitative estimate of drug-likeness (QED) is 0.372. The van der Waals surface area contributed by atoms with Crippen molar-refractivity contribution in [1.29, 1.82) is 0 Å². The van der Waals surface area contributed by atoms with E-state index in [1.807, 2.05) is 28.8 Å². The van der Waals surface area contributed by atoms with Crippen LogP contribution >= 0.6 is 0 Å². The molecule has 35 heavy (non-hydrogen) atoms. The lowest BCUT2D eigenvalue weighted by atomic mass is 9.72. The number of nitrogens with two attached hydrogens (primary N) is 1. The van der Waals surface area contributed by atoms with Gasteiger partial charge < -0.3 is 5.73 Å². The average Bonchev–Trinajstić information content (AvgIpc) is 3.57. The zero-order chi connectivity index (χ0) is 23.4. The molecule has 1 aliphatic rings. The summed E-state index contributed by atoms with van der Waals surface area (Å²) in [5.74, 6) is 0.728. The van der Waals surface area contributed by atoms with Crippen molar-refractivity contribution < 1.29 is 0 Å². The molecule has 0 radical (unpaired) electrons. The maximum Gasteiger partial charge on any atom is 0.172 e. The fraction of sp³-hybridized carbons (Fsp3) is 0.143. The number of benzene rings is 2. The van der Waals surface area contributed by atoms with Gasteiger partial charge in [0, 0.05) is 22.9 Å². The third-order valence-electron chi connectivity index (χ3n) is 7.17. The number of H-pyrrole nitrogens is 1. The van der Waals surface area contributed by atoms with Crippen molar-refractivity contribution in [1.82, 2.24) is 29.8 Å². The fourth-order valence-electron chi connectivity index (χ4n) is 5.04. The second-order valence-corrected chi connectivity index (χ2v) is 9.28. The van der Waals surface area contributed by atoms with Crippen molar-refractivity contribution in [2.45, 2.75) is 24.8 Å². The number of aromatic nitrogens is 6. The minimum absolute atomic E-state index is 0.179. The highest BCUT2D eigenvalue weighted by molar-refractivity contribution is 5.92. The summed E-state index contributed by atoms with van der Waals surface area (Å²) in [5.41, 5.74) is 15.2. The molecule has 4 heterocycles. The van der Waals surface area contributed by atoms with E-state index in [9.17, 15) is 0 Å². The molecule has 7 rings (SSSR count). The Morgan fingerprint density at radius 1 is 0.857 bits per heavy atom. The maximum atomic E-state index is 6.57. The van der Waals surface area contributed by atoms with Crippen LogP contribution in [0.5, 0.6) is 0 Å². The molecule has 0 saturated heterocycles. The molecule has 4 aromatic heterocycles. The molecule has 170 valence electrons. The van der Waals surface area contributed by atoms with Gasteiger partial charge in [0.25, 0.3) is 0 Å². The van der Waals surface area contributed by atoms with E-state index in [2.05, 4.69) is 75.0 Å². The number of nitrogens with one attached hydrogen (secondary N) is 1. The standard InChI is InChI=1S/C28H23N7/c29-28(13-4-14-28)21-9-7-19(8-10-21)26-22(18-5-2-1-3-6-18)15-24-23(32-26)11-12-25-33-34-27(35(24)25)20-16-30-31-17-20/h1-3,5-12,15-17H,4,13-14,29H2,(H,30,31). The van der Waals surface area contributed by atoms with Crippen molar-refractivity contribution in [3.8, 4) is 33.8 Å². The maximum absolute atomic E-state index is 6.57. The minimum atomic E-state index is -0.179. The lowest BCUT2D eigenvalue weighted by Crippen LogP contribution is -2.43. The van der Waals surface area contributed by atoms with Gasteiger partial charge in [0.15, 0.2) is 11.5 Å². The monoisotopic (exact) mass is 457 g/mol. The first kappa shape index (κ1) is 20.1. The topological polar surface area (TPSA) is 97.8 Å². The van der Waals surface area contributed by atoms with Gasteiger partial charge in [0.05, 0.1) is 28.5 Å². The predicted molar refractivity (Wildman–Crippen MR) is 136 cm³/mol. The molecule has 2 aromatic carbocycles. The zero-order valence-electron chi connectivity index (χ0n) is 19.0. The second-order valence-electron chi connectivity index (χ2n) is 9.28. The number of nitrogens with zero attached hydrogens (tertiary/aromatic N) is 5. The number of hydrogen-bond donors (Lipinski definition) is 2. The number of aromatic amines is 1. The van der Waals surface area contributed by atoms with Gasteiger partial charge in [-0.25, -0.2) is 4.98 Å². The Bertz CT molecular complexity index is 1660.